The standard InChI is InChI=1S/C18H29N3O3S/c1-2-12-25(23,24)21-16-11-7-6-10-15(16)18(22)20-17(13-19)14-8-4-3-5-9-14/h6-7,10-11,14,17,21H,2-5,8-9,12-13,19H2,1H3,(H,20,22). The number of rotatable bonds is 8. The van der Waals surface area contributed by atoms with Gasteiger partial charge in [-0.25, -0.2) is 8.42 Å². The Balaban J connectivity index is 2.13. The number of carbonyl (C=O) groups excluding carboxylic acids is 1. The zero-order valence-corrected chi connectivity index (χ0v) is 15.6. The average molecular weight is 368 g/mol. The molecular formula is C18H29N3O3S. The Labute approximate surface area is 150 Å². The summed E-state index contributed by atoms with van der Waals surface area (Å²) in [6, 6.07) is 6.61. The number of carbonyl (C=O) groups is 1. The van der Waals surface area contributed by atoms with Crippen LogP contribution in [0.15, 0.2) is 24.3 Å². The summed E-state index contributed by atoms with van der Waals surface area (Å²) in [5.41, 5.74) is 6.53. The Morgan fingerprint density at radius 1 is 1.24 bits per heavy atom. The number of sulfonamides is 1. The fourth-order valence-electron chi connectivity index (χ4n) is 3.41. The van der Waals surface area contributed by atoms with Crippen LogP contribution in [0.25, 0.3) is 0 Å². The van der Waals surface area contributed by atoms with Crippen LogP contribution in [0.1, 0.15) is 55.8 Å². The zero-order valence-electron chi connectivity index (χ0n) is 14.8. The summed E-state index contributed by atoms with van der Waals surface area (Å²) in [5, 5.41) is 3.01. The highest BCUT2D eigenvalue weighted by molar-refractivity contribution is 7.92. The molecule has 2 rings (SSSR count). The van der Waals surface area contributed by atoms with Crippen LogP contribution in [0.3, 0.4) is 0 Å². The molecule has 0 bridgehead atoms. The van der Waals surface area contributed by atoms with E-state index in [-0.39, 0.29) is 17.7 Å². The monoisotopic (exact) mass is 367 g/mol. The van der Waals surface area contributed by atoms with Gasteiger partial charge in [0.1, 0.15) is 0 Å². The summed E-state index contributed by atoms with van der Waals surface area (Å²) < 4.78 is 26.6. The van der Waals surface area contributed by atoms with E-state index >= 15 is 0 Å². The van der Waals surface area contributed by atoms with E-state index < -0.39 is 10.0 Å². The molecule has 1 unspecified atom stereocenters. The molecule has 1 atom stereocenters. The van der Waals surface area contributed by atoms with Crippen molar-refractivity contribution in [1.29, 1.82) is 0 Å². The first kappa shape index (κ1) is 19.7. The molecule has 0 spiro atoms. The maximum Gasteiger partial charge on any atom is 0.253 e. The van der Waals surface area contributed by atoms with Crippen molar-refractivity contribution in [2.75, 3.05) is 17.0 Å². The molecule has 0 radical (unpaired) electrons. The van der Waals surface area contributed by atoms with Gasteiger partial charge in [0, 0.05) is 12.6 Å². The van der Waals surface area contributed by atoms with Crippen molar-refractivity contribution in [2.45, 2.75) is 51.5 Å². The summed E-state index contributed by atoms with van der Waals surface area (Å²) in [7, 11) is -3.45. The molecule has 4 N–H and O–H groups in total. The van der Waals surface area contributed by atoms with Gasteiger partial charge in [-0.15, -0.1) is 0 Å². The van der Waals surface area contributed by atoms with Crippen molar-refractivity contribution in [3.05, 3.63) is 29.8 Å². The highest BCUT2D eigenvalue weighted by Gasteiger charge is 2.25. The Morgan fingerprint density at radius 3 is 2.56 bits per heavy atom. The third-order valence-corrected chi connectivity index (χ3v) is 6.18. The largest absolute Gasteiger partial charge is 0.348 e. The molecule has 0 aromatic heterocycles. The Morgan fingerprint density at radius 2 is 1.92 bits per heavy atom. The molecule has 25 heavy (non-hydrogen) atoms. The first-order chi connectivity index (χ1) is 12.0. The first-order valence-corrected chi connectivity index (χ1v) is 10.7. The van der Waals surface area contributed by atoms with Gasteiger partial charge in [0.15, 0.2) is 0 Å². The van der Waals surface area contributed by atoms with E-state index in [0.29, 0.717) is 30.1 Å². The van der Waals surface area contributed by atoms with Gasteiger partial charge >= 0.3 is 0 Å². The van der Waals surface area contributed by atoms with E-state index in [1.54, 1.807) is 31.2 Å². The van der Waals surface area contributed by atoms with Gasteiger partial charge in [-0.1, -0.05) is 38.3 Å². The van der Waals surface area contributed by atoms with Gasteiger partial charge in [0.2, 0.25) is 10.0 Å². The van der Waals surface area contributed by atoms with Crippen LogP contribution in [0.2, 0.25) is 0 Å². The number of hydrogen-bond acceptors (Lipinski definition) is 4. The van der Waals surface area contributed by atoms with E-state index in [0.717, 1.165) is 12.8 Å². The number of amides is 1. The molecule has 1 aromatic rings. The van der Waals surface area contributed by atoms with Crippen LogP contribution in [0, 0.1) is 5.92 Å². The van der Waals surface area contributed by atoms with Gasteiger partial charge in [-0.2, -0.15) is 0 Å². The first-order valence-electron chi connectivity index (χ1n) is 9.07. The number of hydrogen-bond donors (Lipinski definition) is 3. The molecule has 0 heterocycles. The second-order valence-electron chi connectivity index (χ2n) is 6.68. The van der Waals surface area contributed by atoms with Crippen molar-refractivity contribution in [1.82, 2.24) is 5.32 Å². The molecule has 1 amide bonds. The van der Waals surface area contributed by atoms with Crippen LogP contribution in [-0.4, -0.2) is 32.7 Å². The molecule has 1 aliphatic carbocycles. The molecule has 0 aliphatic heterocycles. The number of nitrogens with one attached hydrogen (secondary N) is 2. The van der Waals surface area contributed by atoms with Crippen LogP contribution >= 0.6 is 0 Å². The third-order valence-electron chi connectivity index (χ3n) is 4.70. The summed E-state index contributed by atoms with van der Waals surface area (Å²) in [6.45, 7) is 2.19. The Kier molecular flexibility index (Phi) is 7.25. The van der Waals surface area contributed by atoms with Gasteiger partial charge < -0.3 is 11.1 Å². The van der Waals surface area contributed by atoms with Gasteiger partial charge in [-0.05, 0) is 37.3 Å². The number of benzene rings is 1. The maximum absolute atomic E-state index is 12.7. The van der Waals surface area contributed by atoms with Crippen molar-refractivity contribution in [2.24, 2.45) is 11.7 Å². The van der Waals surface area contributed by atoms with Crippen LogP contribution < -0.4 is 15.8 Å². The van der Waals surface area contributed by atoms with Crippen molar-refractivity contribution < 1.29 is 13.2 Å². The average Bonchev–Trinajstić information content (AvgIpc) is 2.60. The van der Waals surface area contributed by atoms with Crippen LogP contribution in [0.4, 0.5) is 5.69 Å². The number of anilines is 1. The minimum Gasteiger partial charge on any atom is -0.348 e. The highest BCUT2D eigenvalue weighted by Crippen LogP contribution is 2.26. The molecule has 1 fully saturated rings. The Hall–Kier alpha value is -1.60. The molecular weight excluding hydrogens is 338 g/mol. The lowest BCUT2D eigenvalue weighted by molar-refractivity contribution is 0.0916. The summed E-state index contributed by atoms with van der Waals surface area (Å²) >= 11 is 0. The SMILES string of the molecule is CCCS(=O)(=O)Nc1ccccc1C(=O)NC(CN)C1CCCCC1. The molecule has 1 aliphatic rings. The highest BCUT2D eigenvalue weighted by atomic mass is 32.2. The number of nitrogens with two attached hydrogens (primary N) is 1. The normalized spacial score (nSPS) is 17.0. The zero-order chi connectivity index (χ0) is 18.3. The topological polar surface area (TPSA) is 101 Å². The van der Waals surface area contributed by atoms with Gasteiger partial charge in [0.25, 0.3) is 5.91 Å². The van der Waals surface area contributed by atoms with Gasteiger partial charge in [-0.3, -0.25) is 9.52 Å². The second kappa shape index (κ2) is 9.20. The fourth-order valence-corrected chi connectivity index (χ4v) is 4.56. The van der Waals surface area contributed by atoms with E-state index in [2.05, 4.69) is 10.0 Å². The minimum atomic E-state index is -3.45. The van der Waals surface area contributed by atoms with E-state index in [4.69, 9.17) is 5.73 Å². The number of para-hydroxylation sites is 1. The predicted molar refractivity (Wildman–Crippen MR) is 101 cm³/mol. The Bertz CT molecular complexity index is 670. The van der Waals surface area contributed by atoms with E-state index in [1.807, 2.05) is 0 Å². The summed E-state index contributed by atoms with van der Waals surface area (Å²) in [5.74, 6) is 0.138. The fraction of sp³-hybridized carbons (Fsp3) is 0.611. The summed E-state index contributed by atoms with van der Waals surface area (Å²) in [6.07, 6.45) is 6.25. The molecule has 1 saturated carbocycles. The molecule has 6 nitrogen and oxygen atoms in total. The third kappa shape index (κ3) is 5.71. The van der Waals surface area contributed by atoms with E-state index in [9.17, 15) is 13.2 Å². The van der Waals surface area contributed by atoms with Gasteiger partial charge in [0.05, 0.1) is 17.0 Å². The molecule has 7 heteroatoms. The lowest BCUT2D eigenvalue weighted by Crippen LogP contribution is -2.46. The van der Waals surface area contributed by atoms with Crippen molar-refractivity contribution in [3.8, 4) is 0 Å². The molecule has 0 saturated heterocycles. The molecule has 140 valence electrons. The smallest absolute Gasteiger partial charge is 0.253 e. The predicted octanol–water partition coefficient (Wildman–Crippen LogP) is 2.48. The quantitative estimate of drug-likeness (QED) is 0.657. The van der Waals surface area contributed by atoms with Crippen LogP contribution in [0.5, 0.6) is 0 Å². The van der Waals surface area contributed by atoms with Crippen molar-refractivity contribution >= 4 is 21.6 Å². The lowest BCUT2D eigenvalue weighted by atomic mass is 9.84. The minimum absolute atomic E-state index is 0.0243. The second-order valence-corrected chi connectivity index (χ2v) is 8.52. The van der Waals surface area contributed by atoms with E-state index in [1.165, 1.54) is 19.3 Å². The summed E-state index contributed by atoms with van der Waals surface area (Å²) in [4.78, 5) is 12.7. The lowest BCUT2D eigenvalue weighted by Gasteiger charge is -2.30. The maximum atomic E-state index is 12.7. The van der Waals surface area contributed by atoms with Crippen molar-refractivity contribution in [3.63, 3.8) is 0 Å². The molecule has 1 aromatic carbocycles. The van der Waals surface area contributed by atoms with Crippen LogP contribution in [-0.2, 0) is 10.0 Å².